The van der Waals surface area contributed by atoms with Crippen LogP contribution in [-0.4, -0.2) is 37.6 Å². The molecule has 0 saturated heterocycles. The van der Waals surface area contributed by atoms with Gasteiger partial charge in [-0.15, -0.1) is 0 Å². The molecule has 0 aliphatic carbocycles. The fraction of sp³-hybridized carbons (Fsp3) is 0.174. The number of carbonyl (C=O) groups is 1. The van der Waals surface area contributed by atoms with E-state index < -0.39 is 11.7 Å². The molecule has 35 heavy (non-hydrogen) atoms. The lowest BCUT2D eigenvalue weighted by Crippen LogP contribution is -2.07. The van der Waals surface area contributed by atoms with Gasteiger partial charge in [-0.2, -0.15) is 18.3 Å². The first-order valence-corrected chi connectivity index (χ1v) is 10.3. The van der Waals surface area contributed by atoms with E-state index in [1.165, 1.54) is 26.3 Å². The van der Waals surface area contributed by atoms with Crippen LogP contribution >= 0.6 is 0 Å². The molecule has 4 aromatic rings. The molecule has 0 amide bonds. The molecule has 0 bridgehead atoms. The number of halogens is 3. The van der Waals surface area contributed by atoms with Gasteiger partial charge in [0.2, 0.25) is 0 Å². The number of benzene rings is 1. The van der Waals surface area contributed by atoms with Gasteiger partial charge in [-0.05, 0) is 31.2 Å². The van der Waals surface area contributed by atoms with E-state index in [2.05, 4.69) is 30.7 Å². The zero-order chi connectivity index (χ0) is 25.2. The van der Waals surface area contributed by atoms with Crippen LogP contribution in [-0.2, 0) is 13.2 Å². The second kappa shape index (κ2) is 9.41. The van der Waals surface area contributed by atoms with Crippen LogP contribution in [0.4, 0.5) is 36.2 Å². The lowest BCUT2D eigenvalue weighted by molar-refractivity contribution is -0.137. The van der Waals surface area contributed by atoms with E-state index in [4.69, 9.17) is 4.74 Å². The number of pyridine rings is 2. The third kappa shape index (κ3) is 5.21. The summed E-state index contributed by atoms with van der Waals surface area (Å²) in [6, 6.07) is 9.03. The van der Waals surface area contributed by atoms with Gasteiger partial charge in [0.05, 0.1) is 35.2 Å². The Morgan fingerprint density at radius 1 is 1.00 bits per heavy atom. The molecule has 3 aromatic heterocycles. The van der Waals surface area contributed by atoms with E-state index in [0.29, 0.717) is 34.1 Å². The number of nitrogens with zero attached hydrogens (tertiary/aromatic N) is 5. The molecular formula is C23H20F3N7O2. The van der Waals surface area contributed by atoms with Gasteiger partial charge in [0.25, 0.3) is 0 Å². The van der Waals surface area contributed by atoms with E-state index in [9.17, 15) is 18.0 Å². The van der Waals surface area contributed by atoms with Gasteiger partial charge in [0.15, 0.2) is 17.4 Å². The van der Waals surface area contributed by atoms with Crippen LogP contribution in [0.3, 0.4) is 0 Å². The van der Waals surface area contributed by atoms with Crippen molar-refractivity contribution >= 4 is 28.8 Å². The number of methoxy groups -OCH3 is 1. The quantitative estimate of drug-likeness (QED) is 0.354. The smallest absolute Gasteiger partial charge is 0.417 e. The number of para-hydroxylation sites is 1. The van der Waals surface area contributed by atoms with Gasteiger partial charge in [-0.3, -0.25) is 9.48 Å². The molecule has 0 unspecified atom stereocenters. The highest BCUT2D eigenvalue weighted by molar-refractivity contribution is 6.00. The molecule has 1 aromatic carbocycles. The Balaban J connectivity index is 1.67. The number of hydrogen-bond acceptors (Lipinski definition) is 8. The summed E-state index contributed by atoms with van der Waals surface area (Å²) in [5, 5.41) is 10.3. The van der Waals surface area contributed by atoms with Gasteiger partial charge >= 0.3 is 6.18 Å². The molecular weight excluding hydrogens is 463 g/mol. The number of anilines is 4. The molecule has 180 valence electrons. The maximum absolute atomic E-state index is 12.8. The molecule has 3 heterocycles. The number of rotatable bonds is 7. The first-order valence-electron chi connectivity index (χ1n) is 10.3. The molecule has 0 aliphatic heterocycles. The Labute approximate surface area is 198 Å². The van der Waals surface area contributed by atoms with E-state index in [0.717, 1.165) is 12.3 Å². The lowest BCUT2D eigenvalue weighted by atomic mass is 10.1. The average Bonchev–Trinajstić information content (AvgIpc) is 3.25. The Hall–Kier alpha value is -4.48. The van der Waals surface area contributed by atoms with E-state index in [1.54, 1.807) is 42.3 Å². The number of alkyl halides is 3. The number of carbonyl (C=O) groups excluding carboxylic acids is 1. The maximum atomic E-state index is 12.8. The number of aryl methyl sites for hydroxylation is 1. The van der Waals surface area contributed by atoms with Gasteiger partial charge in [0.1, 0.15) is 18.0 Å². The zero-order valence-corrected chi connectivity index (χ0v) is 18.9. The molecule has 2 N–H and O–H groups in total. The highest BCUT2D eigenvalue weighted by Gasteiger charge is 2.30. The van der Waals surface area contributed by atoms with Crippen LogP contribution in [0.25, 0.3) is 11.4 Å². The van der Waals surface area contributed by atoms with Crippen LogP contribution in [0.15, 0.2) is 55.1 Å². The molecule has 12 heteroatoms. The number of Topliss-reactive ketones (excluding diaryl/α,β-unsaturated/α-hetero) is 1. The maximum Gasteiger partial charge on any atom is 0.417 e. The number of ether oxygens (including phenoxy) is 1. The van der Waals surface area contributed by atoms with Crippen molar-refractivity contribution in [3.8, 4) is 17.1 Å². The Morgan fingerprint density at radius 3 is 2.37 bits per heavy atom. The monoisotopic (exact) mass is 483 g/mol. The van der Waals surface area contributed by atoms with Crippen LogP contribution in [0.5, 0.6) is 5.75 Å². The topological polar surface area (TPSA) is 107 Å². The Kier molecular flexibility index (Phi) is 6.36. The summed E-state index contributed by atoms with van der Waals surface area (Å²) in [6.07, 6.45) is -0.817. The average molecular weight is 483 g/mol. The van der Waals surface area contributed by atoms with Gasteiger partial charge in [0, 0.05) is 25.5 Å². The van der Waals surface area contributed by atoms with Crippen LogP contribution < -0.4 is 15.4 Å². The summed E-state index contributed by atoms with van der Waals surface area (Å²) < 4.78 is 45.6. The molecule has 0 saturated carbocycles. The van der Waals surface area contributed by atoms with Crippen LogP contribution in [0, 0.1) is 0 Å². The number of aromatic nitrogens is 5. The highest BCUT2D eigenvalue weighted by atomic mass is 19.4. The van der Waals surface area contributed by atoms with E-state index in [-0.39, 0.29) is 17.4 Å². The van der Waals surface area contributed by atoms with Crippen molar-refractivity contribution in [1.82, 2.24) is 24.7 Å². The van der Waals surface area contributed by atoms with Crippen molar-refractivity contribution in [3.05, 3.63) is 66.2 Å². The zero-order valence-electron chi connectivity index (χ0n) is 18.9. The Morgan fingerprint density at radius 2 is 1.77 bits per heavy atom. The summed E-state index contributed by atoms with van der Waals surface area (Å²) in [4.78, 5) is 24.5. The van der Waals surface area contributed by atoms with E-state index >= 15 is 0 Å². The van der Waals surface area contributed by atoms with Gasteiger partial charge in [-0.1, -0.05) is 6.07 Å². The molecule has 0 aliphatic rings. The fourth-order valence-corrected chi connectivity index (χ4v) is 3.31. The summed E-state index contributed by atoms with van der Waals surface area (Å²) >= 11 is 0. The summed E-state index contributed by atoms with van der Waals surface area (Å²) in [5.41, 5.74) is 1.04. The van der Waals surface area contributed by atoms with Crippen LogP contribution in [0.2, 0.25) is 0 Å². The van der Waals surface area contributed by atoms with Crippen molar-refractivity contribution in [1.29, 1.82) is 0 Å². The highest BCUT2D eigenvalue weighted by Crippen LogP contribution is 2.37. The number of hydrogen-bond donors (Lipinski definition) is 2. The Bertz CT molecular complexity index is 1370. The summed E-state index contributed by atoms with van der Waals surface area (Å²) in [5.74, 6) is 1.12. The molecule has 4 rings (SSSR count). The fourth-order valence-electron chi connectivity index (χ4n) is 3.31. The third-order valence-corrected chi connectivity index (χ3v) is 4.96. The van der Waals surface area contributed by atoms with Gasteiger partial charge in [-0.25, -0.2) is 15.0 Å². The van der Waals surface area contributed by atoms with Crippen molar-refractivity contribution in [2.24, 2.45) is 7.05 Å². The molecule has 0 spiro atoms. The minimum absolute atomic E-state index is 0.160. The minimum Gasteiger partial charge on any atom is -0.494 e. The first-order chi connectivity index (χ1) is 16.7. The summed E-state index contributed by atoms with van der Waals surface area (Å²) in [6.45, 7) is 1.40. The minimum atomic E-state index is -4.48. The molecule has 0 radical (unpaired) electrons. The van der Waals surface area contributed by atoms with Crippen molar-refractivity contribution in [2.45, 2.75) is 13.1 Å². The second-order valence-corrected chi connectivity index (χ2v) is 7.48. The normalized spacial score (nSPS) is 11.3. The van der Waals surface area contributed by atoms with Crippen molar-refractivity contribution in [3.63, 3.8) is 0 Å². The predicted octanol–water partition coefficient (Wildman–Crippen LogP) is 4.99. The SMILES string of the molecule is COc1c(Nc2cc(Nc3ccc(C(F)(F)F)cn3)ncc2C(C)=O)cccc1-c1ncn(C)n1. The predicted molar refractivity (Wildman–Crippen MR) is 123 cm³/mol. The molecule has 0 atom stereocenters. The van der Waals surface area contributed by atoms with Gasteiger partial charge < -0.3 is 15.4 Å². The van der Waals surface area contributed by atoms with Crippen molar-refractivity contribution in [2.75, 3.05) is 17.7 Å². The van der Waals surface area contributed by atoms with Crippen LogP contribution in [0.1, 0.15) is 22.8 Å². The standard InChI is InChI=1S/C23H20F3N7O2/c1-13(34)16-11-28-20(31-19-8-7-14(10-27-19)23(24,25)26)9-18(16)30-17-6-4-5-15(21(17)35-3)22-29-12-33(2)32-22/h4-12H,1-3H3,(H2,27,28,30,31). The first kappa shape index (κ1) is 23.7. The molecule has 0 fully saturated rings. The van der Waals surface area contributed by atoms with E-state index in [1.807, 2.05) is 0 Å². The number of ketones is 1. The van der Waals surface area contributed by atoms with Crippen molar-refractivity contribution < 1.29 is 22.7 Å². The number of nitrogens with one attached hydrogen (secondary N) is 2. The molecule has 9 nitrogen and oxygen atoms in total. The largest absolute Gasteiger partial charge is 0.494 e. The second-order valence-electron chi connectivity index (χ2n) is 7.48. The lowest BCUT2D eigenvalue weighted by Gasteiger charge is -2.16. The summed E-state index contributed by atoms with van der Waals surface area (Å²) in [7, 11) is 3.26. The third-order valence-electron chi connectivity index (χ3n) is 4.96.